The van der Waals surface area contributed by atoms with Crippen molar-refractivity contribution in [3.63, 3.8) is 0 Å². The van der Waals surface area contributed by atoms with E-state index in [1.807, 2.05) is 35.2 Å². The van der Waals surface area contributed by atoms with Gasteiger partial charge < -0.3 is 14.5 Å². The van der Waals surface area contributed by atoms with E-state index in [4.69, 9.17) is 0 Å². The molecule has 0 N–H and O–H groups in total. The molecule has 1 aliphatic heterocycles. The van der Waals surface area contributed by atoms with Crippen LogP contribution < -0.4 is 4.90 Å². The van der Waals surface area contributed by atoms with Gasteiger partial charge in [0.2, 0.25) is 5.91 Å². The van der Waals surface area contributed by atoms with Crippen molar-refractivity contribution < 1.29 is 27.5 Å². The lowest BCUT2D eigenvalue weighted by Crippen LogP contribution is -2.45. The lowest BCUT2D eigenvalue weighted by molar-refractivity contribution is -0.141. The molecule has 0 saturated carbocycles. The van der Waals surface area contributed by atoms with Gasteiger partial charge >= 0.3 is 12.1 Å². The van der Waals surface area contributed by atoms with Crippen molar-refractivity contribution in [2.24, 2.45) is 0 Å². The summed E-state index contributed by atoms with van der Waals surface area (Å²) in [7, 11) is 1.39. The molecule has 0 unspecified atom stereocenters. The smallest absolute Gasteiger partial charge is 0.416 e. The molecule has 2 aromatic carbocycles. The highest BCUT2D eigenvalue weighted by atomic mass is 19.4. The summed E-state index contributed by atoms with van der Waals surface area (Å²) < 4.78 is 43.8. The second kappa shape index (κ2) is 13.3. The number of benzene rings is 2. The van der Waals surface area contributed by atoms with Gasteiger partial charge in [-0.15, -0.1) is 0 Å². The van der Waals surface area contributed by atoms with Gasteiger partial charge in [-0.3, -0.25) is 9.59 Å². The first-order valence-electron chi connectivity index (χ1n) is 12.7. The molecule has 1 fully saturated rings. The Morgan fingerprint density at radius 2 is 1.42 bits per heavy atom. The number of carbonyl (C=O) groups is 2. The number of methoxy groups -OCH3 is 1. The summed E-state index contributed by atoms with van der Waals surface area (Å²) in [5, 5.41) is 0. The SMILES string of the molecule is COC(=O)CCCCCCCC(=O)N1CCC(N(c2ccccc2)c2ccc(C(F)(F)F)cc2)CC1. The van der Waals surface area contributed by atoms with Crippen LogP contribution in [-0.2, 0) is 20.5 Å². The summed E-state index contributed by atoms with van der Waals surface area (Å²) in [6, 6.07) is 15.1. The molecule has 8 heteroatoms. The fourth-order valence-electron chi connectivity index (χ4n) is 4.68. The third kappa shape index (κ3) is 8.00. The van der Waals surface area contributed by atoms with Crippen molar-refractivity contribution in [1.29, 1.82) is 0 Å². The normalized spacial score (nSPS) is 14.5. The van der Waals surface area contributed by atoms with Crippen molar-refractivity contribution in [1.82, 2.24) is 4.90 Å². The quantitative estimate of drug-likeness (QED) is 0.251. The molecule has 0 aliphatic carbocycles. The van der Waals surface area contributed by atoms with E-state index in [0.29, 0.717) is 31.6 Å². The number of nitrogens with zero attached hydrogens (tertiary/aromatic N) is 2. The van der Waals surface area contributed by atoms with E-state index >= 15 is 0 Å². The summed E-state index contributed by atoms with van der Waals surface area (Å²) in [5.41, 5.74) is 0.976. The number of amides is 1. The van der Waals surface area contributed by atoms with Crippen LogP contribution in [0.2, 0.25) is 0 Å². The lowest BCUT2D eigenvalue weighted by atomic mass is 10.00. The van der Waals surface area contributed by atoms with Gasteiger partial charge in [0, 0.05) is 43.3 Å². The average molecular weight is 505 g/mol. The molecule has 0 atom stereocenters. The summed E-state index contributed by atoms with van der Waals surface area (Å²) >= 11 is 0. The van der Waals surface area contributed by atoms with Crippen LogP contribution in [0.25, 0.3) is 0 Å². The zero-order valence-electron chi connectivity index (χ0n) is 20.8. The van der Waals surface area contributed by atoms with Crippen molar-refractivity contribution in [2.75, 3.05) is 25.1 Å². The molecule has 36 heavy (non-hydrogen) atoms. The number of hydrogen-bond donors (Lipinski definition) is 0. The maximum atomic E-state index is 13.1. The Kier molecular flexibility index (Phi) is 10.2. The Morgan fingerprint density at radius 1 is 0.861 bits per heavy atom. The summed E-state index contributed by atoms with van der Waals surface area (Å²) in [4.78, 5) is 27.8. The minimum Gasteiger partial charge on any atom is -0.469 e. The second-order valence-corrected chi connectivity index (χ2v) is 9.21. The number of likely N-dealkylation sites (tertiary alicyclic amines) is 1. The highest BCUT2D eigenvalue weighted by Crippen LogP contribution is 2.35. The zero-order valence-corrected chi connectivity index (χ0v) is 20.8. The molecule has 5 nitrogen and oxygen atoms in total. The summed E-state index contributed by atoms with van der Waals surface area (Å²) in [6.07, 6.45) is 2.62. The van der Waals surface area contributed by atoms with E-state index in [0.717, 1.165) is 62.8 Å². The van der Waals surface area contributed by atoms with Crippen LogP contribution in [0.3, 0.4) is 0 Å². The van der Waals surface area contributed by atoms with Crippen LogP contribution in [0.15, 0.2) is 54.6 Å². The molecule has 0 bridgehead atoms. The molecule has 3 rings (SSSR count). The van der Waals surface area contributed by atoms with E-state index in [1.54, 1.807) is 0 Å². The highest BCUT2D eigenvalue weighted by Gasteiger charge is 2.31. The van der Waals surface area contributed by atoms with E-state index < -0.39 is 11.7 Å². The number of para-hydroxylation sites is 1. The number of unbranched alkanes of at least 4 members (excludes halogenated alkanes) is 4. The number of halogens is 3. The maximum Gasteiger partial charge on any atom is 0.416 e. The number of alkyl halides is 3. The third-order valence-electron chi connectivity index (χ3n) is 6.69. The van der Waals surface area contributed by atoms with Crippen molar-refractivity contribution in [3.05, 3.63) is 60.2 Å². The second-order valence-electron chi connectivity index (χ2n) is 9.21. The van der Waals surface area contributed by atoms with Crippen LogP contribution in [0.5, 0.6) is 0 Å². The number of rotatable bonds is 11. The fourth-order valence-corrected chi connectivity index (χ4v) is 4.68. The van der Waals surface area contributed by atoms with Crippen LogP contribution in [0, 0.1) is 0 Å². The Hall–Kier alpha value is -3.03. The highest BCUT2D eigenvalue weighted by molar-refractivity contribution is 5.76. The van der Waals surface area contributed by atoms with E-state index in [2.05, 4.69) is 9.64 Å². The summed E-state index contributed by atoms with van der Waals surface area (Å²) in [6.45, 7) is 1.26. The molecule has 0 aromatic heterocycles. The number of carbonyl (C=O) groups excluding carboxylic acids is 2. The topological polar surface area (TPSA) is 49.9 Å². The van der Waals surface area contributed by atoms with Crippen LogP contribution in [0.4, 0.5) is 24.5 Å². The predicted octanol–water partition coefficient (Wildman–Crippen LogP) is 6.74. The van der Waals surface area contributed by atoms with Crippen LogP contribution >= 0.6 is 0 Å². The van der Waals surface area contributed by atoms with Crippen molar-refractivity contribution in [2.45, 2.75) is 70.0 Å². The fraction of sp³-hybridized carbons (Fsp3) is 0.500. The molecular weight excluding hydrogens is 469 g/mol. The average Bonchev–Trinajstić information content (AvgIpc) is 2.89. The lowest BCUT2D eigenvalue weighted by Gasteiger charge is -2.40. The molecule has 0 spiro atoms. The molecule has 0 radical (unpaired) electrons. The maximum absolute atomic E-state index is 13.1. The van der Waals surface area contributed by atoms with E-state index in [1.165, 1.54) is 19.2 Å². The van der Waals surface area contributed by atoms with Gasteiger partial charge in [-0.1, -0.05) is 37.5 Å². The minimum absolute atomic E-state index is 0.0861. The predicted molar refractivity (Wildman–Crippen MR) is 134 cm³/mol. The molecular formula is C28H35F3N2O3. The zero-order chi connectivity index (χ0) is 26.0. The minimum atomic E-state index is -4.37. The van der Waals surface area contributed by atoms with Gasteiger partial charge in [0.15, 0.2) is 0 Å². The first kappa shape index (κ1) is 27.6. The van der Waals surface area contributed by atoms with Gasteiger partial charge in [0.25, 0.3) is 0 Å². The van der Waals surface area contributed by atoms with Gasteiger partial charge in [0.1, 0.15) is 0 Å². The monoisotopic (exact) mass is 504 g/mol. The number of piperidine rings is 1. The number of hydrogen-bond acceptors (Lipinski definition) is 4. The Morgan fingerprint density at radius 3 is 2.00 bits per heavy atom. The number of anilines is 2. The Balaban J connectivity index is 1.51. The van der Waals surface area contributed by atoms with Crippen LogP contribution in [-0.4, -0.2) is 43.0 Å². The van der Waals surface area contributed by atoms with Gasteiger partial charge in [-0.2, -0.15) is 13.2 Å². The van der Waals surface area contributed by atoms with E-state index in [9.17, 15) is 22.8 Å². The molecule has 2 aromatic rings. The molecule has 1 aliphatic rings. The first-order valence-corrected chi connectivity index (χ1v) is 12.7. The third-order valence-corrected chi connectivity index (χ3v) is 6.69. The van der Waals surface area contributed by atoms with Crippen LogP contribution in [0.1, 0.15) is 63.4 Å². The number of esters is 1. The largest absolute Gasteiger partial charge is 0.469 e. The van der Waals surface area contributed by atoms with E-state index in [-0.39, 0.29) is 17.9 Å². The molecule has 1 saturated heterocycles. The Bertz CT molecular complexity index is 956. The van der Waals surface area contributed by atoms with Gasteiger partial charge in [-0.05, 0) is 62.1 Å². The van der Waals surface area contributed by atoms with Gasteiger partial charge in [0.05, 0.1) is 12.7 Å². The van der Waals surface area contributed by atoms with Crippen molar-refractivity contribution in [3.8, 4) is 0 Å². The first-order chi connectivity index (χ1) is 17.3. The molecule has 1 amide bonds. The number of ether oxygens (including phenoxy) is 1. The summed E-state index contributed by atoms with van der Waals surface area (Å²) in [5.74, 6) is -0.0264. The molecule has 196 valence electrons. The van der Waals surface area contributed by atoms with Gasteiger partial charge in [-0.25, -0.2) is 0 Å². The van der Waals surface area contributed by atoms with Crippen molar-refractivity contribution >= 4 is 23.3 Å². The standard InChI is InChI=1S/C28H35F3N2O3/c1-36-27(35)13-9-4-2-3-8-12-26(34)32-20-18-25(19-21-32)33(23-10-6-5-7-11-23)24-16-14-22(15-17-24)28(29,30)31/h5-7,10-11,14-17,25H,2-4,8-9,12-13,18-21H2,1H3. The molecule has 1 heterocycles. The Labute approximate surface area is 211 Å².